The molecule has 12 heteroatoms. The van der Waals surface area contributed by atoms with Gasteiger partial charge in [0.05, 0.1) is 20.9 Å². The van der Waals surface area contributed by atoms with E-state index in [4.69, 9.17) is 11.6 Å². The first-order chi connectivity index (χ1) is 19.7. The monoisotopic (exact) mass is 616 g/mol. The topological polar surface area (TPSA) is 101 Å². The molecule has 216 valence electrons. The van der Waals surface area contributed by atoms with Gasteiger partial charge in [0, 0.05) is 18.7 Å². The van der Waals surface area contributed by atoms with Crippen molar-refractivity contribution < 1.29 is 17.6 Å². The van der Waals surface area contributed by atoms with Crippen LogP contribution >= 0.6 is 22.9 Å². The van der Waals surface area contributed by atoms with Gasteiger partial charge in [-0.1, -0.05) is 24.1 Å². The standard InChI is InChI=1S/C29H30ClFN4O4S2/c30-27-9-10-28(40-27)41(38,39)18-22(36)15-20-5-8-26(24(31)16-20)35-19-33-25-17-21(6-7-23(25)29(35)37)32-11-4-14-34-12-2-1-3-13-34/h5-10,16-17,19,32H,1-4,11-15,18H2. The first-order valence-corrected chi connectivity index (χ1v) is 16.3. The highest BCUT2D eigenvalue weighted by atomic mass is 35.5. The van der Waals surface area contributed by atoms with Crippen LogP contribution < -0.4 is 10.9 Å². The van der Waals surface area contributed by atoms with Crippen LogP contribution in [0.25, 0.3) is 16.6 Å². The first-order valence-electron chi connectivity index (χ1n) is 13.5. The molecule has 4 aromatic rings. The van der Waals surface area contributed by atoms with Crippen LogP contribution in [-0.4, -0.2) is 60.6 Å². The van der Waals surface area contributed by atoms with E-state index in [9.17, 15) is 18.0 Å². The van der Waals surface area contributed by atoms with E-state index >= 15 is 4.39 Å². The number of rotatable bonds is 11. The van der Waals surface area contributed by atoms with E-state index in [0.717, 1.165) is 47.2 Å². The zero-order chi connectivity index (χ0) is 29.0. The van der Waals surface area contributed by atoms with Gasteiger partial charge < -0.3 is 10.2 Å². The summed E-state index contributed by atoms with van der Waals surface area (Å²) in [6, 6.07) is 12.1. The van der Waals surface area contributed by atoms with Crippen molar-refractivity contribution in [1.82, 2.24) is 14.5 Å². The van der Waals surface area contributed by atoms with Gasteiger partial charge in [-0.15, -0.1) is 11.3 Å². The number of aromatic nitrogens is 2. The number of hydrogen-bond donors (Lipinski definition) is 1. The molecule has 1 aliphatic heterocycles. The molecule has 0 unspecified atom stereocenters. The Morgan fingerprint density at radius 3 is 2.61 bits per heavy atom. The summed E-state index contributed by atoms with van der Waals surface area (Å²) in [7, 11) is -3.83. The van der Waals surface area contributed by atoms with E-state index in [0.29, 0.717) is 20.8 Å². The molecule has 0 bridgehead atoms. The number of carbonyl (C=O) groups excluding carboxylic acids is 1. The molecule has 8 nitrogen and oxygen atoms in total. The molecule has 5 rings (SSSR count). The maximum atomic E-state index is 15.1. The molecule has 0 saturated carbocycles. The van der Waals surface area contributed by atoms with Crippen molar-refractivity contribution >= 4 is 55.1 Å². The third-order valence-corrected chi connectivity index (χ3v) is 10.6. The molecule has 0 aliphatic carbocycles. The summed E-state index contributed by atoms with van der Waals surface area (Å²) >= 11 is 6.68. The fraction of sp³-hybridized carbons (Fsp3) is 0.345. The van der Waals surface area contributed by atoms with Gasteiger partial charge in [-0.3, -0.25) is 14.2 Å². The molecule has 2 aromatic heterocycles. The molecule has 0 radical (unpaired) electrons. The van der Waals surface area contributed by atoms with Crippen molar-refractivity contribution in [1.29, 1.82) is 0 Å². The van der Waals surface area contributed by atoms with Gasteiger partial charge in [0.1, 0.15) is 22.1 Å². The second-order valence-corrected chi connectivity index (χ2v) is 14.1. The zero-order valence-corrected chi connectivity index (χ0v) is 24.7. The number of fused-ring (bicyclic) bond motifs is 1. The number of piperidine rings is 1. The minimum atomic E-state index is -3.83. The third kappa shape index (κ3) is 7.21. The van der Waals surface area contributed by atoms with Gasteiger partial charge in [0.25, 0.3) is 5.56 Å². The fourth-order valence-corrected chi connectivity index (χ4v) is 7.82. The number of anilines is 1. The minimum absolute atomic E-state index is 0.0105. The van der Waals surface area contributed by atoms with E-state index in [2.05, 4.69) is 15.2 Å². The lowest BCUT2D eigenvalue weighted by Crippen LogP contribution is -2.31. The molecular formula is C29H30ClFN4O4S2. The van der Waals surface area contributed by atoms with Crippen LogP contribution in [0.2, 0.25) is 4.34 Å². The zero-order valence-electron chi connectivity index (χ0n) is 22.3. The van der Waals surface area contributed by atoms with E-state index in [1.165, 1.54) is 62.9 Å². The number of sulfone groups is 1. The molecule has 1 N–H and O–H groups in total. The van der Waals surface area contributed by atoms with Crippen molar-refractivity contribution in [3.63, 3.8) is 0 Å². The SMILES string of the molecule is O=C(Cc1ccc(-n2cnc3cc(NCCCN4CCCCC4)ccc3c2=O)c(F)c1)CS(=O)(=O)c1ccc(Cl)s1. The second-order valence-electron chi connectivity index (χ2n) is 10.2. The Bertz CT molecular complexity index is 1730. The van der Waals surface area contributed by atoms with E-state index in [-0.39, 0.29) is 16.3 Å². The lowest BCUT2D eigenvalue weighted by Gasteiger charge is -2.26. The molecule has 0 amide bonds. The maximum absolute atomic E-state index is 15.1. The van der Waals surface area contributed by atoms with Gasteiger partial charge in [-0.05, 0) is 86.9 Å². The predicted molar refractivity (Wildman–Crippen MR) is 161 cm³/mol. The van der Waals surface area contributed by atoms with Crippen molar-refractivity contribution in [3.8, 4) is 5.69 Å². The lowest BCUT2D eigenvalue weighted by atomic mass is 10.1. The van der Waals surface area contributed by atoms with Crippen molar-refractivity contribution in [3.05, 3.63) is 80.9 Å². The largest absolute Gasteiger partial charge is 0.385 e. The molecule has 3 heterocycles. The Hall–Kier alpha value is -3.12. The summed E-state index contributed by atoms with van der Waals surface area (Å²) in [5.41, 5.74) is 1.23. The highest BCUT2D eigenvalue weighted by Crippen LogP contribution is 2.27. The number of likely N-dealkylation sites (tertiary alicyclic amines) is 1. The molecule has 0 spiro atoms. The normalized spacial score (nSPS) is 14.4. The highest BCUT2D eigenvalue weighted by molar-refractivity contribution is 7.94. The highest BCUT2D eigenvalue weighted by Gasteiger charge is 2.22. The van der Waals surface area contributed by atoms with Crippen LogP contribution in [0.3, 0.4) is 0 Å². The molecule has 0 atom stereocenters. The Labute approximate surface area is 246 Å². The van der Waals surface area contributed by atoms with E-state index < -0.39 is 32.7 Å². The average Bonchev–Trinajstić information content (AvgIpc) is 3.39. The number of Topliss-reactive ketones (excluding diaryl/α,β-unsaturated/α-hetero) is 1. The fourth-order valence-electron chi connectivity index (χ4n) is 5.00. The minimum Gasteiger partial charge on any atom is -0.385 e. The Morgan fingerprint density at radius 2 is 1.88 bits per heavy atom. The van der Waals surface area contributed by atoms with Crippen LogP contribution in [0.15, 0.2) is 63.9 Å². The van der Waals surface area contributed by atoms with Crippen LogP contribution in [-0.2, 0) is 21.1 Å². The summed E-state index contributed by atoms with van der Waals surface area (Å²) in [6.07, 6.45) is 5.90. The van der Waals surface area contributed by atoms with Gasteiger partial charge >= 0.3 is 0 Å². The number of halogens is 2. The molecule has 1 fully saturated rings. The van der Waals surface area contributed by atoms with Gasteiger partial charge in [-0.2, -0.15) is 0 Å². The summed E-state index contributed by atoms with van der Waals surface area (Å²) < 4.78 is 41.4. The smallest absolute Gasteiger partial charge is 0.265 e. The van der Waals surface area contributed by atoms with Crippen LogP contribution in [0, 0.1) is 5.82 Å². The number of hydrogen-bond acceptors (Lipinski definition) is 8. The molecule has 1 saturated heterocycles. The molecule has 41 heavy (non-hydrogen) atoms. The Kier molecular flexibility index (Phi) is 9.18. The number of benzene rings is 2. The quantitative estimate of drug-likeness (QED) is 0.234. The van der Waals surface area contributed by atoms with Crippen LogP contribution in [0.4, 0.5) is 10.1 Å². The maximum Gasteiger partial charge on any atom is 0.265 e. The van der Waals surface area contributed by atoms with E-state index in [1.54, 1.807) is 6.07 Å². The van der Waals surface area contributed by atoms with Crippen LogP contribution in [0.5, 0.6) is 0 Å². The average molecular weight is 617 g/mol. The van der Waals surface area contributed by atoms with Gasteiger partial charge in [0.2, 0.25) is 0 Å². The van der Waals surface area contributed by atoms with Crippen molar-refractivity contribution in [2.75, 3.05) is 37.2 Å². The van der Waals surface area contributed by atoms with E-state index in [1.807, 2.05) is 12.1 Å². The molecule has 2 aromatic carbocycles. The number of ketones is 1. The molecular weight excluding hydrogens is 587 g/mol. The predicted octanol–water partition coefficient (Wildman–Crippen LogP) is 5.11. The summed E-state index contributed by atoms with van der Waals surface area (Å²) in [4.78, 5) is 32.5. The van der Waals surface area contributed by atoms with Crippen LogP contribution in [0.1, 0.15) is 31.2 Å². The summed E-state index contributed by atoms with van der Waals surface area (Å²) in [5.74, 6) is -2.02. The molecule has 1 aliphatic rings. The summed E-state index contributed by atoms with van der Waals surface area (Å²) in [6.45, 7) is 4.22. The van der Waals surface area contributed by atoms with Crippen molar-refractivity contribution in [2.24, 2.45) is 0 Å². The second kappa shape index (κ2) is 12.8. The number of nitrogens with one attached hydrogen (secondary N) is 1. The Morgan fingerprint density at radius 1 is 1.07 bits per heavy atom. The van der Waals surface area contributed by atoms with Gasteiger partial charge in [-0.25, -0.2) is 17.8 Å². The number of carbonyl (C=O) groups is 1. The number of nitrogens with zero attached hydrogens (tertiary/aromatic N) is 3. The number of thiophene rings is 1. The Balaban J connectivity index is 1.24. The lowest BCUT2D eigenvalue weighted by molar-refractivity contribution is -0.116. The first kappa shape index (κ1) is 29.4. The third-order valence-electron chi connectivity index (χ3n) is 7.07. The van der Waals surface area contributed by atoms with Gasteiger partial charge in [0.15, 0.2) is 15.6 Å². The summed E-state index contributed by atoms with van der Waals surface area (Å²) in [5, 5.41) is 3.74. The van der Waals surface area contributed by atoms with Crippen molar-refractivity contribution in [2.45, 2.75) is 36.3 Å².